The van der Waals surface area contributed by atoms with Gasteiger partial charge in [0.1, 0.15) is 30.2 Å². The van der Waals surface area contributed by atoms with Crippen LogP contribution in [-0.2, 0) is 48.0 Å². The molecule has 4 aromatic rings. The summed E-state index contributed by atoms with van der Waals surface area (Å²) in [6.07, 6.45) is 2.61. The van der Waals surface area contributed by atoms with Gasteiger partial charge in [-0.05, 0) is 35.1 Å². The Labute approximate surface area is 342 Å². The molecular formula is C41H51N7O7S2. The summed E-state index contributed by atoms with van der Waals surface area (Å²) in [5.41, 5.74) is 9.53. The summed E-state index contributed by atoms with van der Waals surface area (Å²) < 4.78 is 0. The van der Waals surface area contributed by atoms with E-state index in [9.17, 15) is 33.9 Å². The third kappa shape index (κ3) is 12.8. The molecule has 0 aliphatic rings. The second kappa shape index (κ2) is 21.8. The number of nitrogens with two attached hydrogens (primary N) is 1. The first-order valence-corrected chi connectivity index (χ1v) is 20.0. The van der Waals surface area contributed by atoms with E-state index < -0.39 is 71.8 Å². The van der Waals surface area contributed by atoms with Crippen LogP contribution < -0.4 is 32.3 Å². The van der Waals surface area contributed by atoms with Gasteiger partial charge in [0.25, 0.3) is 0 Å². The molecule has 0 aliphatic carbocycles. The number of aromatic amines is 1. The van der Waals surface area contributed by atoms with E-state index in [4.69, 9.17) is 5.73 Å². The quantitative estimate of drug-likeness (QED) is 0.0559. The average Bonchev–Trinajstić information content (AvgIpc) is 3.62. The van der Waals surface area contributed by atoms with Gasteiger partial charge in [-0.25, -0.2) is 4.79 Å². The lowest BCUT2D eigenvalue weighted by Gasteiger charge is -2.28. The Morgan fingerprint density at radius 3 is 1.63 bits per heavy atom. The molecule has 57 heavy (non-hydrogen) atoms. The summed E-state index contributed by atoms with van der Waals surface area (Å²) >= 11 is 8.32. The number of carbonyl (C=O) groups excluding carboxylic acids is 5. The Balaban J connectivity index is 1.50. The SMILES string of the molecule is CC[C@H](C)[C@H](NC(=O)[C@@H](N)Cc1c[nH]c2ccccc12)C(=O)N[C@@H](Cc1ccccc1)C(=O)N[C@@H](CS)C(=O)N[C@@H](Cc1ccccc1)C(=O)N[C@@H](CS)C(=O)O. The zero-order valence-corrected chi connectivity index (χ0v) is 33.6. The van der Waals surface area contributed by atoms with Crippen molar-refractivity contribution in [2.24, 2.45) is 11.7 Å². The number of para-hydroxylation sites is 1. The van der Waals surface area contributed by atoms with Crippen LogP contribution in [0.1, 0.15) is 37.0 Å². The second-order valence-electron chi connectivity index (χ2n) is 13.9. The van der Waals surface area contributed by atoms with Crippen LogP contribution in [0.5, 0.6) is 0 Å². The van der Waals surface area contributed by atoms with Gasteiger partial charge in [0.05, 0.1) is 6.04 Å². The van der Waals surface area contributed by atoms with Crippen molar-refractivity contribution in [1.82, 2.24) is 31.6 Å². The summed E-state index contributed by atoms with van der Waals surface area (Å²) in [7, 11) is 0. The summed E-state index contributed by atoms with van der Waals surface area (Å²) in [5.74, 6) is -5.38. The van der Waals surface area contributed by atoms with Crippen LogP contribution in [0.25, 0.3) is 10.9 Å². The van der Waals surface area contributed by atoms with Crippen molar-refractivity contribution in [3.05, 3.63) is 108 Å². The van der Waals surface area contributed by atoms with Gasteiger partial charge < -0.3 is 42.4 Å². The van der Waals surface area contributed by atoms with E-state index >= 15 is 0 Å². The number of hydrogen-bond donors (Lipinski definition) is 10. The lowest BCUT2D eigenvalue weighted by atomic mass is 9.96. The van der Waals surface area contributed by atoms with Crippen LogP contribution in [0.4, 0.5) is 0 Å². The van der Waals surface area contributed by atoms with Gasteiger partial charge in [0.15, 0.2) is 0 Å². The lowest BCUT2D eigenvalue weighted by molar-refractivity contribution is -0.141. The highest BCUT2D eigenvalue weighted by Gasteiger charge is 2.34. The monoisotopic (exact) mass is 817 g/mol. The van der Waals surface area contributed by atoms with E-state index in [-0.39, 0.29) is 36.7 Å². The molecule has 16 heteroatoms. The first-order chi connectivity index (χ1) is 27.3. The number of aromatic nitrogens is 1. The maximum atomic E-state index is 14.0. The van der Waals surface area contributed by atoms with Crippen LogP contribution in [0.3, 0.4) is 0 Å². The van der Waals surface area contributed by atoms with E-state index in [0.717, 1.165) is 16.5 Å². The number of benzene rings is 3. The van der Waals surface area contributed by atoms with Crippen molar-refractivity contribution < 1.29 is 33.9 Å². The van der Waals surface area contributed by atoms with Gasteiger partial charge in [-0.1, -0.05) is 99.1 Å². The number of thiol groups is 2. The third-order valence-electron chi connectivity index (χ3n) is 9.69. The number of aliphatic carboxylic acids is 1. The molecule has 5 amide bonds. The largest absolute Gasteiger partial charge is 0.480 e. The molecule has 3 aromatic carbocycles. The Morgan fingerprint density at radius 2 is 1.11 bits per heavy atom. The molecule has 0 unspecified atom stereocenters. The molecule has 0 radical (unpaired) electrons. The zero-order chi connectivity index (χ0) is 41.5. The summed E-state index contributed by atoms with van der Waals surface area (Å²) in [6, 6.07) is 18.4. The van der Waals surface area contributed by atoms with Crippen molar-refractivity contribution in [3.63, 3.8) is 0 Å². The number of carboxylic acid groups (broad SMARTS) is 1. The second-order valence-corrected chi connectivity index (χ2v) is 14.6. The number of rotatable bonds is 21. The third-order valence-corrected chi connectivity index (χ3v) is 10.4. The highest BCUT2D eigenvalue weighted by Crippen LogP contribution is 2.19. The number of carboxylic acids is 1. The standard InChI is InChI=1S/C41H51N7O7S2/c1-3-24(2)35(48-36(49)29(42)20-27-21-43-30-17-11-10-16-28(27)30)40(53)45-32(19-26-14-8-5-9-15-26)37(50)46-33(22-56)39(52)44-31(18-25-12-6-4-7-13-25)38(51)47-34(23-57)41(54)55/h4-17,21,24,29,31-35,43,56-57H,3,18-20,22-23,42H2,1-2H3,(H,44,52)(H,45,53)(H,46,50)(H,47,51)(H,48,49)(H,54,55)/t24-,29-,31-,32-,33-,34-,35-/m0/s1. The van der Waals surface area contributed by atoms with E-state index in [1.807, 2.05) is 37.3 Å². The van der Waals surface area contributed by atoms with Gasteiger partial charge in [0.2, 0.25) is 29.5 Å². The highest BCUT2D eigenvalue weighted by molar-refractivity contribution is 7.80. The maximum absolute atomic E-state index is 14.0. The highest BCUT2D eigenvalue weighted by atomic mass is 32.1. The zero-order valence-electron chi connectivity index (χ0n) is 31.8. The van der Waals surface area contributed by atoms with E-state index in [1.54, 1.807) is 67.7 Å². The van der Waals surface area contributed by atoms with Crippen molar-refractivity contribution >= 4 is 71.7 Å². The van der Waals surface area contributed by atoms with Crippen LogP contribution in [0, 0.1) is 5.92 Å². The molecule has 0 saturated heterocycles. The molecular weight excluding hydrogens is 767 g/mol. The molecule has 14 nitrogen and oxygen atoms in total. The first kappa shape index (κ1) is 44.4. The molecule has 0 bridgehead atoms. The minimum Gasteiger partial charge on any atom is -0.480 e. The van der Waals surface area contributed by atoms with Crippen LogP contribution >= 0.6 is 25.3 Å². The molecule has 1 aromatic heterocycles. The Bertz CT molecular complexity index is 1980. The lowest BCUT2D eigenvalue weighted by Crippen LogP contribution is -2.61. The van der Waals surface area contributed by atoms with Gasteiger partial charge in [-0.3, -0.25) is 24.0 Å². The summed E-state index contributed by atoms with van der Waals surface area (Å²) in [5, 5.41) is 23.7. The number of nitrogens with one attached hydrogen (secondary N) is 6. The number of fused-ring (bicyclic) bond motifs is 1. The predicted molar refractivity (Wildman–Crippen MR) is 225 cm³/mol. The van der Waals surface area contributed by atoms with Crippen molar-refractivity contribution in [2.45, 2.75) is 75.8 Å². The molecule has 9 N–H and O–H groups in total. The van der Waals surface area contributed by atoms with Crippen molar-refractivity contribution in [1.29, 1.82) is 0 Å². The fourth-order valence-electron chi connectivity index (χ4n) is 6.17. The van der Waals surface area contributed by atoms with Gasteiger partial charge in [-0.15, -0.1) is 0 Å². The molecule has 4 rings (SSSR count). The molecule has 7 atom stereocenters. The Hall–Kier alpha value is -5.32. The average molecular weight is 818 g/mol. The molecule has 1 heterocycles. The van der Waals surface area contributed by atoms with Crippen LogP contribution in [0.15, 0.2) is 91.1 Å². The predicted octanol–water partition coefficient (Wildman–Crippen LogP) is 1.94. The molecule has 0 saturated carbocycles. The molecule has 0 fully saturated rings. The van der Waals surface area contributed by atoms with E-state index in [0.29, 0.717) is 17.5 Å². The first-order valence-electron chi connectivity index (χ1n) is 18.7. The Kier molecular flexibility index (Phi) is 17.0. The summed E-state index contributed by atoms with van der Waals surface area (Å²) in [4.78, 5) is 83.2. The Morgan fingerprint density at radius 1 is 0.632 bits per heavy atom. The van der Waals surface area contributed by atoms with E-state index in [2.05, 4.69) is 56.8 Å². The minimum atomic E-state index is -1.31. The minimum absolute atomic E-state index is 0.0193. The van der Waals surface area contributed by atoms with Crippen LogP contribution in [-0.4, -0.2) is 93.4 Å². The van der Waals surface area contributed by atoms with Gasteiger partial charge >= 0.3 is 5.97 Å². The van der Waals surface area contributed by atoms with Gasteiger partial charge in [-0.2, -0.15) is 25.3 Å². The number of amides is 5. The normalized spacial score (nSPS) is 14.8. The summed E-state index contributed by atoms with van der Waals surface area (Å²) in [6.45, 7) is 3.68. The number of hydrogen-bond acceptors (Lipinski definition) is 9. The van der Waals surface area contributed by atoms with Crippen molar-refractivity contribution in [3.8, 4) is 0 Å². The smallest absolute Gasteiger partial charge is 0.327 e. The van der Waals surface area contributed by atoms with Gasteiger partial charge in [0, 0.05) is 41.4 Å². The molecule has 304 valence electrons. The fourth-order valence-corrected chi connectivity index (χ4v) is 6.67. The molecule has 0 aliphatic heterocycles. The molecule has 0 spiro atoms. The number of H-pyrrole nitrogens is 1. The number of carbonyl (C=O) groups is 6. The van der Waals surface area contributed by atoms with Crippen molar-refractivity contribution in [2.75, 3.05) is 11.5 Å². The topological polar surface area (TPSA) is 225 Å². The fraction of sp³-hybridized carbons (Fsp3) is 0.366. The van der Waals surface area contributed by atoms with E-state index in [1.165, 1.54) is 0 Å². The maximum Gasteiger partial charge on any atom is 0.327 e. The van der Waals surface area contributed by atoms with Crippen LogP contribution in [0.2, 0.25) is 0 Å².